The number of halogens is 1. The number of aryl methyl sites for hydroxylation is 1. The lowest BCUT2D eigenvalue weighted by atomic mass is 9.95. The van der Waals surface area contributed by atoms with Gasteiger partial charge < -0.3 is 15.0 Å². The largest absolute Gasteiger partial charge is 0.497 e. The highest BCUT2D eigenvalue weighted by Gasteiger charge is 2.34. The third-order valence-electron chi connectivity index (χ3n) is 7.83. The van der Waals surface area contributed by atoms with E-state index in [0.717, 1.165) is 47.5 Å². The first kappa shape index (κ1) is 32.5. The van der Waals surface area contributed by atoms with E-state index in [9.17, 15) is 18.0 Å². The van der Waals surface area contributed by atoms with Crippen molar-refractivity contribution in [1.29, 1.82) is 0 Å². The molecule has 3 aromatic rings. The van der Waals surface area contributed by atoms with Crippen LogP contribution in [0.25, 0.3) is 0 Å². The number of rotatable bonds is 12. The summed E-state index contributed by atoms with van der Waals surface area (Å²) < 4.78 is 35.1. The SMILES string of the molecule is CC[C@@H](C(=O)NC1CCCCC1)N(Cc1ccc(OC)cc1)C(=O)CN(c1cccc(Br)c1)S(=O)(=O)c1ccc(C)cc1. The van der Waals surface area contributed by atoms with Crippen LogP contribution in [0, 0.1) is 6.92 Å². The molecule has 1 N–H and O–H groups in total. The molecular formula is C33H40BrN3O5S. The number of nitrogens with one attached hydrogen (secondary N) is 1. The monoisotopic (exact) mass is 669 g/mol. The Bertz CT molecular complexity index is 1490. The molecule has 1 aliphatic carbocycles. The van der Waals surface area contributed by atoms with Gasteiger partial charge in [-0.3, -0.25) is 13.9 Å². The number of anilines is 1. The maximum Gasteiger partial charge on any atom is 0.264 e. The van der Waals surface area contributed by atoms with Gasteiger partial charge >= 0.3 is 0 Å². The number of amides is 2. The lowest BCUT2D eigenvalue weighted by Crippen LogP contribution is -2.54. The molecule has 2 amide bonds. The van der Waals surface area contributed by atoms with Gasteiger partial charge in [0.15, 0.2) is 0 Å². The van der Waals surface area contributed by atoms with Crippen molar-refractivity contribution in [3.8, 4) is 5.75 Å². The van der Waals surface area contributed by atoms with Gasteiger partial charge in [-0.2, -0.15) is 0 Å². The lowest BCUT2D eigenvalue weighted by Gasteiger charge is -2.34. The van der Waals surface area contributed by atoms with Crippen molar-refractivity contribution in [3.63, 3.8) is 0 Å². The molecule has 0 radical (unpaired) electrons. The molecule has 0 unspecified atom stereocenters. The standard InChI is InChI=1S/C33H40BrN3O5S/c1-4-31(33(39)35-27-10-6-5-7-11-27)36(22-25-15-17-29(42-3)18-16-25)32(38)23-37(28-12-8-9-26(34)21-28)43(40,41)30-19-13-24(2)14-20-30/h8-9,12-21,27,31H,4-7,10-11,22-23H2,1-3H3,(H,35,39)/t31-/m0/s1. The second-order valence-electron chi connectivity index (χ2n) is 10.9. The lowest BCUT2D eigenvalue weighted by molar-refractivity contribution is -0.140. The number of methoxy groups -OCH3 is 1. The fourth-order valence-electron chi connectivity index (χ4n) is 5.39. The molecule has 43 heavy (non-hydrogen) atoms. The molecule has 0 spiro atoms. The minimum absolute atomic E-state index is 0.0771. The number of carbonyl (C=O) groups excluding carboxylic acids is 2. The Balaban J connectivity index is 1.70. The van der Waals surface area contributed by atoms with Crippen LogP contribution >= 0.6 is 15.9 Å². The fourth-order valence-corrected chi connectivity index (χ4v) is 7.18. The van der Waals surface area contributed by atoms with E-state index in [0.29, 0.717) is 22.3 Å². The van der Waals surface area contributed by atoms with Crippen LogP contribution < -0.4 is 14.4 Å². The highest BCUT2D eigenvalue weighted by atomic mass is 79.9. The summed E-state index contributed by atoms with van der Waals surface area (Å²) in [5, 5.41) is 3.17. The maximum atomic E-state index is 14.3. The third-order valence-corrected chi connectivity index (χ3v) is 10.1. The Kier molecular flexibility index (Phi) is 11.3. The number of benzene rings is 3. The van der Waals surface area contributed by atoms with Gasteiger partial charge in [0.05, 0.1) is 17.7 Å². The Labute approximate surface area is 263 Å². The van der Waals surface area contributed by atoms with Crippen LogP contribution in [0.4, 0.5) is 5.69 Å². The number of carbonyl (C=O) groups is 2. The zero-order valence-electron chi connectivity index (χ0n) is 25.0. The Morgan fingerprint density at radius 1 is 1.00 bits per heavy atom. The molecule has 3 aromatic carbocycles. The van der Waals surface area contributed by atoms with Crippen molar-refractivity contribution in [2.75, 3.05) is 18.0 Å². The first-order valence-corrected chi connectivity index (χ1v) is 16.9. The quantitative estimate of drug-likeness (QED) is 0.247. The van der Waals surface area contributed by atoms with E-state index in [-0.39, 0.29) is 23.4 Å². The first-order valence-electron chi connectivity index (χ1n) is 14.7. The van der Waals surface area contributed by atoms with Crippen molar-refractivity contribution in [2.45, 2.75) is 75.9 Å². The third kappa shape index (κ3) is 8.38. The van der Waals surface area contributed by atoms with Crippen molar-refractivity contribution >= 4 is 43.5 Å². The van der Waals surface area contributed by atoms with E-state index in [2.05, 4.69) is 21.2 Å². The minimum atomic E-state index is -4.13. The molecule has 230 valence electrons. The van der Waals surface area contributed by atoms with Crippen LogP contribution in [0.5, 0.6) is 5.75 Å². The average Bonchev–Trinajstić information content (AvgIpc) is 3.00. The van der Waals surface area contributed by atoms with E-state index < -0.39 is 28.5 Å². The van der Waals surface area contributed by atoms with Crippen molar-refractivity contribution in [3.05, 3.63) is 88.4 Å². The number of hydrogen-bond donors (Lipinski definition) is 1. The summed E-state index contributed by atoms with van der Waals surface area (Å²) in [5.74, 6) is -0.0162. The molecule has 1 atom stereocenters. The second kappa shape index (κ2) is 14.9. The fraction of sp³-hybridized carbons (Fsp3) is 0.394. The molecule has 1 saturated carbocycles. The molecular weight excluding hydrogens is 630 g/mol. The van der Waals surface area contributed by atoms with Crippen LogP contribution in [-0.4, -0.2) is 50.9 Å². The van der Waals surface area contributed by atoms with Gasteiger partial charge in [0, 0.05) is 17.1 Å². The minimum Gasteiger partial charge on any atom is -0.497 e. The molecule has 10 heteroatoms. The zero-order valence-corrected chi connectivity index (χ0v) is 27.4. The molecule has 0 bridgehead atoms. The summed E-state index contributed by atoms with van der Waals surface area (Å²) in [6, 6.07) is 20.0. The highest BCUT2D eigenvalue weighted by molar-refractivity contribution is 9.10. The van der Waals surface area contributed by atoms with E-state index in [1.165, 1.54) is 4.90 Å². The number of hydrogen-bond acceptors (Lipinski definition) is 5. The number of sulfonamides is 1. The first-order chi connectivity index (χ1) is 20.6. The van der Waals surface area contributed by atoms with E-state index in [1.807, 2.05) is 26.0 Å². The van der Waals surface area contributed by atoms with Crippen LogP contribution in [0.3, 0.4) is 0 Å². The molecule has 0 aromatic heterocycles. The summed E-state index contributed by atoms with van der Waals surface area (Å²) in [6.07, 6.45) is 5.50. The maximum absolute atomic E-state index is 14.3. The summed E-state index contributed by atoms with van der Waals surface area (Å²) in [6.45, 7) is 3.41. The number of nitrogens with zero attached hydrogens (tertiary/aromatic N) is 2. The molecule has 8 nitrogen and oxygen atoms in total. The van der Waals surface area contributed by atoms with Crippen LogP contribution in [0.1, 0.15) is 56.6 Å². The van der Waals surface area contributed by atoms with Gasteiger partial charge in [0.25, 0.3) is 10.0 Å². The van der Waals surface area contributed by atoms with Crippen molar-refractivity contribution in [1.82, 2.24) is 10.2 Å². The topological polar surface area (TPSA) is 96.0 Å². The summed E-state index contributed by atoms with van der Waals surface area (Å²) in [4.78, 5) is 29.5. The average molecular weight is 671 g/mol. The van der Waals surface area contributed by atoms with E-state index >= 15 is 0 Å². The molecule has 1 fully saturated rings. The summed E-state index contributed by atoms with van der Waals surface area (Å²) >= 11 is 3.43. The van der Waals surface area contributed by atoms with Crippen LogP contribution in [0.15, 0.2) is 82.2 Å². The normalized spacial score (nSPS) is 14.5. The molecule has 4 rings (SSSR count). The molecule has 0 heterocycles. The summed E-state index contributed by atoms with van der Waals surface area (Å²) in [7, 11) is -2.54. The highest BCUT2D eigenvalue weighted by Crippen LogP contribution is 2.28. The Hall–Kier alpha value is -3.37. The predicted octanol–water partition coefficient (Wildman–Crippen LogP) is 6.22. The molecule has 0 aliphatic heterocycles. The Morgan fingerprint density at radius 3 is 2.28 bits per heavy atom. The van der Waals surface area contributed by atoms with Crippen molar-refractivity contribution in [2.24, 2.45) is 0 Å². The second-order valence-corrected chi connectivity index (χ2v) is 13.7. The van der Waals surface area contributed by atoms with E-state index in [1.54, 1.807) is 67.8 Å². The number of ether oxygens (including phenoxy) is 1. The van der Waals surface area contributed by atoms with Gasteiger partial charge in [-0.05, 0) is 74.2 Å². The van der Waals surface area contributed by atoms with Gasteiger partial charge in [-0.1, -0.05) is 78.0 Å². The van der Waals surface area contributed by atoms with E-state index in [4.69, 9.17) is 4.74 Å². The van der Waals surface area contributed by atoms with Crippen LogP contribution in [-0.2, 0) is 26.2 Å². The summed E-state index contributed by atoms with van der Waals surface area (Å²) in [5.41, 5.74) is 2.06. The van der Waals surface area contributed by atoms with Crippen molar-refractivity contribution < 1.29 is 22.7 Å². The predicted molar refractivity (Wildman–Crippen MR) is 172 cm³/mol. The van der Waals surface area contributed by atoms with Gasteiger partial charge in [-0.25, -0.2) is 8.42 Å². The smallest absolute Gasteiger partial charge is 0.264 e. The Morgan fingerprint density at radius 2 is 1.67 bits per heavy atom. The molecule has 1 aliphatic rings. The van der Waals surface area contributed by atoms with Crippen LogP contribution in [0.2, 0.25) is 0 Å². The van der Waals surface area contributed by atoms with Gasteiger partial charge in [0.1, 0.15) is 18.3 Å². The van der Waals surface area contributed by atoms with Gasteiger partial charge in [-0.15, -0.1) is 0 Å². The zero-order chi connectivity index (χ0) is 31.0. The molecule has 0 saturated heterocycles. The van der Waals surface area contributed by atoms with Gasteiger partial charge in [0.2, 0.25) is 11.8 Å².